The molecular formula is C12H16F3N2O+. The van der Waals surface area contributed by atoms with Gasteiger partial charge in [0.1, 0.15) is 19.3 Å². The third-order valence-corrected chi connectivity index (χ3v) is 2.88. The number of aromatic nitrogens is 1. The number of pyridine rings is 1. The maximum atomic E-state index is 12.4. The van der Waals surface area contributed by atoms with E-state index in [2.05, 4.69) is 4.98 Å². The molecule has 1 aliphatic rings. The molecule has 2 atom stereocenters. The Balaban J connectivity index is 2.14. The van der Waals surface area contributed by atoms with Crippen molar-refractivity contribution in [3.63, 3.8) is 0 Å². The van der Waals surface area contributed by atoms with E-state index in [0.29, 0.717) is 18.9 Å². The highest BCUT2D eigenvalue weighted by Gasteiger charge is 2.33. The van der Waals surface area contributed by atoms with Crippen molar-refractivity contribution in [2.24, 2.45) is 0 Å². The minimum absolute atomic E-state index is 0.0736. The molecule has 0 bridgehead atoms. The fraction of sp³-hybridized carbons (Fsp3) is 0.583. The second-order valence-corrected chi connectivity index (χ2v) is 4.62. The number of ether oxygens (including phenoxy) is 1. The Morgan fingerprint density at radius 2 is 1.83 bits per heavy atom. The Hall–Kier alpha value is -1.30. The molecule has 0 unspecified atom stereocenters. The second kappa shape index (κ2) is 4.76. The summed E-state index contributed by atoms with van der Waals surface area (Å²) in [5.41, 5.74) is -0.666. The highest BCUT2D eigenvalue weighted by Crippen LogP contribution is 2.28. The Labute approximate surface area is 104 Å². The van der Waals surface area contributed by atoms with Crippen molar-refractivity contribution in [3.05, 3.63) is 23.9 Å². The minimum Gasteiger partial charge on any atom is -0.367 e. The number of nitrogens with zero attached hydrogens (tertiary/aromatic N) is 1. The van der Waals surface area contributed by atoms with Crippen LogP contribution in [0, 0.1) is 0 Å². The molecule has 0 aliphatic carbocycles. The van der Waals surface area contributed by atoms with E-state index in [1.807, 2.05) is 18.7 Å². The molecule has 0 saturated carbocycles. The van der Waals surface area contributed by atoms with Crippen LogP contribution in [0.5, 0.6) is 0 Å². The zero-order valence-electron chi connectivity index (χ0n) is 10.3. The van der Waals surface area contributed by atoms with Gasteiger partial charge in [-0.15, -0.1) is 0 Å². The zero-order valence-corrected chi connectivity index (χ0v) is 10.3. The molecule has 1 aliphatic heterocycles. The molecule has 0 aromatic carbocycles. The summed E-state index contributed by atoms with van der Waals surface area (Å²) >= 11 is 0. The zero-order chi connectivity index (χ0) is 13.3. The Kier molecular flexibility index (Phi) is 3.47. The number of morpholine rings is 1. The molecule has 18 heavy (non-hydrogen) atoms. The van der Waals surface area contributed by atoms with E-state index >= 15 is 0 Å². The average Bonchev–Trinajstić information content (AvgIpc) is 2.27. The van der Waals surface area contributed by atoms with E-state index < -0.39 is 11.7 Å². The van der Waals surface area contributed by atoms with Gasteiger partial charge < -0.3 is 4.74 Å². The van der Waals surface area contributed by atoms with E-state index in [1.165, 1.54) is 6.07 Å². The molecule has 1 saturated heterocycles. The second-order valence-electron chi connectivity index (χ2n) is 4.62. The van der Waals surface area contributed by atoms with E-state index in [9.17, 15) is 13.2 Å². The molecule has 1 N–H and O–H groups in total. The normalized spacial score (nSPS) is 25.3. The van der Waals surface area contributed by atoms with Gasteiger partial charge in [-0.2, -0.15) is 13.2 Å². The summed E-state index contributed by atoms with van der Waals surface area (Å²) in [7, 11) is 0. The van der Waals surface area contributed by atoms with Crippen LogP contribution in [0.2, 0.25) is 0 Å². The number of aromatic amines is 1. The molecule has 0 radical (unpaired) electrons. The summed E-state index contributed by atoms with van der Waals surface area (Å²) in [5, 5.41) is 0. The van der Waals surface area contributed by atoms with Crippen LogP contribution >= 0.6 is 0 Å². The third-order valence-electron chi connectivity index (χ3n) is 2.88. The number of nitrogens with one attached hydrogen (secondary N) is 1. The predicted octanol–water partition coefficient (Wildman–Crippen LogP) is 2.13. The van der Waals surface area contributed by atoms with Gasteiger partial charge >= 0.3 is 6.18 Å². The number of H-pyrrole nitrogens is 1. The van der Waals surface area contributed by atoms with Crippen LogP contribution < -0.4 is 9.88 Å². The number of rotatable bonds is 1. The number of alkyl halides is 3. The van der Waals surface area contributed by atoms with E-state index in [0.717, 1.165) is 12.3 Å². The summed E-state index contributed by atoms with van der Waals surface area (Å²) in [6.45, 7) is 5.25. The lowest BCUT2D eigenvalue weighted by atomic mass is 10.2. The van der Waals surface area contributed by atoms with Crippen molar-refractivity contribution in [1.29, 1.82) is 0 Å². The lowest BCUT2D eigenvalue weighted by molar-refractivity contribution is -0.368. The smallest absolute Gasteiger partial charge is 0.367 e. The summed E-state index contributed by atoms with van der Waals surface area (Å²) in [5.74, 6) is 0.685. The first kappa shape index (κ1) is 13.1. The Morgan fingerprint density at radius 3 is 2.28 bits per heavy atom. The summed E-state index contributed by atoms with van der Waals surface area (Å²) < 4.78 is 42.9. The van der Waals surface area contributed by atoms with Crippen LogP contribution in [0.3, 0.4) is 0 Å². The van der Waals surface area contributed by atoms with E-state index in [1.54, 1.807) is 0 Å². The fourth-order valence-electron chi connectivity index (χ4n) is 2.16. The Bertz CT molecular complexity index is 395. The highest BCUT2D eigenvalue weighted by molar-refractivity contribution is 5.35. The van der Waals surface area contributed by atoms with Crippen LogP contribution in [0.4, 0.5) is 19.0 Å². The van der Waals surface area contributed by atoms with Crippen LogP contribution in [-0.2, 0) is 10.9 Å². The maximum absolute atomic E-state index is 12.4. The summed E-state index contributed by atoms with van der Waals surface area (Å²) in [6, 6.07) is 2.56. The molecule has 0 amide bonds. The quantitative estimate of drug-likeness (QED) is 0.774. The van der Waals surface area contributed by atoms with Gasteiger partial charge in [0.05, 0.1) is 17.8 Å². The van der Waals surface area contributed by atoms with Gasteiger partial charge in [-0.3, -0.25) is 4.90 Å². The third kappa shape index (κ3) is 2.93. The predicted molar refractivity (Wildman–Crippen MR) is 60.2 cm³/mol. The van der Waals surface area contributed by atoms with Gasteiger partial charge in [0.25, 0.3) is 5.82 Å². The van der Waals surface area contributed by atoms with Crippen LogP contribution in [0.25, 0.3) is 0 Å². The molecule has 2 rings (SSSR count). The van der Waals surface area contributed by atoms with Crippen LogP contribution in [0.15, 0.2) is 18.3 Å². The van der Waals surface area contributed by atoms with Gasteiger partial charge in [-0.25, -0.2) is 4.98 Å². The SMILES string of the molecule is C[C@@H]1CN(c2ccc(C(F)(F)F)c[nH+]2)C[C@H](C)O1. The fourth-order valence-corrected chi connectivity index (χ4v) is 2.16. The monoisotopic (exact) mass is 261 g/mol. The summed E-state index contributed by atoms with van der Waals surface area (Å²) in [4.78, 5) is 4.70. The van der Waals surface area contributed by atoms with Crippen molar-refractivity contribution in [1.82, 2.24) is 0 Å². The molecule has 2 heterocycles. The van der Waals surface area contributed by atoms with Gasteiger partial charge in [-0.1, -0.05) is 0 Å². The molecule has 3 nitrogen and oxygen atoms in total. The first-order chi connectivity index (χ1) is 8.36. The Morgan fingerprint density at radius 1 is 1.22 bits per heavy atom. The number of hydrogen-bond acceptors (Lipinski definition) is 2. The number of hydrogen-bond donors (Lipinski definition) is 0. The van der Waals surface area contributed by atoms with Crippen molar-refractivity contribution >= 4 is 5.82 Å². The van der Waals surface area contributed by atoms with Crippen molar-refractivity contribution in [2.45, 2.75) is 32.2 Å². The molecule has 1 aromatic heterocycles. The first-order valence-corrected chi connectivity index (χ1v) is 5.85. The molecule has 100 valence electrons. The first-order valence-electron chi connectivity index (χ1n) is 5.85. The topological polar surface area (TPSA) is 26.6 Å². The van der Waals surface area contributed by atoms with Crippen molar-refractivity contribution in [3.8, 4) is 0 Å². The van der Waals surface area contributed by atoms with E-state index in [-0.39, 0.29) is 12.2 Å². The lowest BCUT2D eigenvalue weighted by Crippen LogP contribution is -2.47. The molecule has 0 spiro atoms. The number of halogens is 3. The lowest BCUT2D eigenvalue weighted by Gasteiger charge is -2.30. The van der Waals surface area contributed by atoms with Gasteiger partial charge in [-0.05, 0) is 19.9 Å². The standard InChI is InChI=1S/C12H15F3N2O/c1-8-6-17(7-9(2)18-8)11-4-3-10(5-16-11)12(13,14)15/h3-5,8-9H,6-7H2,1-2H3/p+1/t8-,9+. The highest BCUT2D eigenvalue weighted by atomic mass is 19.4. The van der Waals surface area contributed by atoms with Crippen molar-refractivity contribution in [2.75, 3.05) is 18.0 Å². The summed E-state index contributed by atoms with van der Waals surface area (Å²) in [6.07, 6.45) is -3.16. The molecule has 1 aromatic rings. The van der Waals surface area contributed by atoms with Gasteiger partial charge in [0.2, 0.25) is 0 Å². The van der Waals surface area contributed by atoms with Crippen molar-refractivity contribution < 1.29 is 22.9 Å². The maximum Gasteiger partial charge on any atom is 0.419 e. The molecule has 6 heteroatoms. The number of anilines is 1. The van der Waals surface area contributed by atoms with Crippen LogP contribution in [-0.4, -0.2) is 25.3 Å². The van der Waals surface area contributed by atoms with E-state index in [4.69, 9.17) is 4.74 Å². The average molecular weight is 261 g/mol. The molecular weight excluding hydrogens is 245 g/mol. The molecule has 1 fully saturated rings. The van der Waals surface area contributed by atoms with Gasteiger partial charge in [0, 0.05) is 6.07 Å². The van der Waals surface area contributed by atoms with Crippen LogP contribution in [0.1, 0.15) is 19.4 Å². The largest absolute Gasteiger partial charge is 0.419 e. The van der Waals surface area contributed by atoms with Gasteiger partial charge in [0.15, 0.2) is 0 Å². The minimum atomic E-state index is -4.30.